The van der Waals surface area contributed by atoms with Crippen molar-refractivity contribution >= 4 is 39.1 Å². The second kappa shape index (κ2) is 8.97. The molecule has 0 radical (unpaired) electrons. The third kappa shape index (κ3) is 4.69. The number of nitrogens with zero attached hydrogens (tertiary/aromatic N) is 2. The highest BCUT2D eigenvalue weighted by molar-refractivity contribution is 9.10. The summed E-state index contributed by atoms with van der Waals surface area (Å²) in [7, 11) is 0. The average molecular weight is 458 g/mol. The van der Waals surface area contributed by atoms with Crippen LogP contribution in [0.3, 0.4) is 0 Å². The van der Waals surface area contributed by atoms with E-state index in [2.05, 4.69) is 27.3 Å². The van der Waals surface area contributed by atoms with Gasteiger partial charge in [0.15, 0.2) is 18.1 Å². The summed E-state index contributed by atoms with van der Waals surface area (Å²) < 4.78 is 11.7. The summed E-state index contributed by atoms with van der Waals surface area (Å²) in [5, 5.41) is 11.9. The monoisotopic (exact) mass is 457 g/mol. The number of ether oxygens (including phenoxy) is 2. The fourth-order valence-electron chi connectivity index (χ4n) is 3.18. The quantitative estimate of drug-likeness (QED) is 0.714. The predicted molar refractivity (Wildman–Crippen MR) is 112 cm³/mol. The van der Waals surface area contributed by atoms with Crippen molar-refractivity contribution in [2.75, 3.05) is 30.0 Å². The van der Waals surface area contributed by atoms with Crippen molar-refractivity contribution in [2.24, 2.45) is 0 Å². The zero-order valence-electron chi connectivity index (χ0n) is 16.1. The van der Waals surface area contributed by atoms with Crippen LogP contribution in [-0.4, -0.2) is 31.6 Å². The van der Waals surface area contributed by atoms with E-state index in [4.69, 9.17) is 14.7 Å². The van der Waals surface area contributed by atoms with E-state index in [0.717, 1.165) is 17.7 Å². The summed E-state index contributed by atoms with van der Waals surface area (Å²) >= 11 is 3.36. The molecule has 2 amide bonds. The van der Waals surface area contributed by atoms with Gasteiger partial charge in [-0.1, -0.05) is 0 Å². The molecule has 29 heavy (non-hydrogen) atoms. The van der Waals surface area contributed by atoms with Gasteiger partial charge < -0.3 is 19.7 Å². The first-order valence-corrected chi connectivity index (χ1v) is 9.92. The molecule has 1 aliphatic heterocycles. The van der Waals surface area contributed by atoms with Crippen molar-refractivity contribution < 1.29 is 19.1 Å². The van der Waals surface area contributed by atoms with Gasteiger partial charge in [-0.2, -0.15) is 5.26 Å². The van der Waals surface area contributed by atoms with Crippen molar-refractivity contribution in [2.45, 2.75) is 20.3 Å². The Morgan fingerprint density at radius 2 is 2.07 bits per heavy atom. The molecule has 0 bridgehead atoms. The van der Waals surface area contributed by atoms with Crippen LogP contribution in [0, 0.1) is 11.3 Å². The lowest BCUT2D eigenvalue weighted by Gasteiger charge is -2.15. The van der Waals surface area contributed by atoms with Gasteiger partial charge >= 0.3 is 0 Å². The molecule has 0 aromatic heterocycles. The fourth-order valence-corrected chi connectivity index (χ4v) is 3.73. The van der Waals surface area contributed by atoms with E-state index in [9.17, 15) is 9.59 Å². The van der Waals surface area contributed by atoms with Crippen molar-refractivity contribution in [1.82, 2.24) is 0 Å². The molecule has 0 saturated carbocycles. The van der Waals surface area contributed by atoms with Gasteiger partial charge in [-0.3, -0.25) is 9.59 Å². The smallest absolute Gasteiger partial charge is 0.262 e. The maximum absolute atomic E-state index is 12.4. The number of hydrogen-bond acceptors (Lipinski definition) is 5. The Kier molecular flexibility index (Phi) is 6.39. The number of fused-ring (bicyclic) bond motifs is 1. The Hall–Kier alpha value is -3.05. The zero-order valence-corrected chi connectivity index (χ0v) is 17.7. The Bertz CT molecular complexity index is 1000. The second-order valence-electron chi connectivity index (χ2n) is 6.43. The van der Waals surface area contributed by atoms with E-state index >= 15 is 0 Å². The number of halogens is 1. The molecular weight excluding hydrogens is 438 g/mol. The van der Waals surface area contributed by atoms with Gasteiger partial charge in [0.25, 0.3) is 5.91 Å². The van der Waals surface area contributed by atoms with E-state index in [1.165, 1.54) is 0 Å². The normalized spacial score (nSPS) is 12.1. The third-order valence-electron chi connectivity index (χ3n) is 4.42. The predicted octanol–water partition coefficient (Wildman–Crippen LogP) is 3.65. The Morgan fingerprint density at radius 1 is 1.28 bits per heavy atom. The Morgan fingerprint density at radius 3 is 2.76 bits per heavy atom. The molecule has 1 heterocycles. The average Bonchev–Trinajstić information content (AvgIpc) is 3.10. The van der Waals surface area contributed by atoms with Crippen molar-refractivity contribution in [3.63, 3.8) is 0 Å². The lowest BCUT2D eigenvalue weighted by Crippen LogP contribution is -2.25. The largest absolute Gasteiger partial charge is 0.490 e. The summed E-state index contributed by atoms with van der Waals surface area (Å²) in [6.45, 7) is 4.19. The van der Waals surface area contributed by atoms with Crippen LogP contribution in [0.4, 0.5) is 11.4 Å². The zero-order chi connectivity index (χ0) is 21.0. The number of amides is 2. The van der Waals surface area contributed by atoms with Crippen LogP contribution < -0.4 is 19.7 Å². The number of rotatable bonds is 6. The molecule has 0 saturated heterocycles. The van der Waals surface area contributed by atoms with Gasteiger partial charge in [0.05, 0.1) is 22.7 Å². The van der Waals surface area contributed by atoms with Gasteiger partial charge in [0.2, 0.25) is 5.91 Å². The summed E-state index contributed by atoms with van der Waals surface area (Å²) in [6.07, 6.45) is 0.755. The lowest BCUT2D eigenvalue weighted by molar-refractivity contribution is -0.118. The van der Waals surface area contributed by atoms with Crippen LogP contribution in [0.2, 0.25) is 0 Å². The highest BCUT2D eigenvalue weighted by Gasteiger charge is 2.22. The first kappa shape index (κ1) is 20.7. The summed E-state index contributed by atoms with van der Waals surface area (Å²) in [4.78, 5) is 25.7. The van der Waals surface area contributed by atoms with Crippen LogP contribution in [-0.2, 0) is 16.0 Å². The number of nitrogens with one attached hydrogen (secondary N) is 1. The third-order valence-corrected chi connectivity index (χ3v) is 5.01. The molecule has 150 valence electrons. The Balaban J connectivity index is 1.67. The number of carbonyl (C=O) groups is 2. The van der Waals surface area contributed by atoms with E-state index in [-0.39, 0.29) is 18.4 Å². The van der Waals surface area contributed by atoms with Gasteiger partial charge in [-0.15, -0.1) is 0 Å². The first-order chi connectivity index (χ1) is 13.9. The summed E-state index contributed by atoms with van der Waals surface area (Å²) in [5.74, 6) is 0.442. The molecule has 8 heteroatoms. The van der Waals surface area contributed by atoms with Gasteiger partial charge in [-0.05, 0) is 59.1 Å². The molecule has 1 N–H and O–H groups in total. The minimum atomic E-state index is -0.329. The first-order valence-electron chi connectivity index (χ1n) is 9.13. The standard InChI is InChI=1S/C21H20BrN3O4/c1-3-28-19-9-14(11-23)8-17(22)21(19)29-12-20(27)24-16-4-5-18-15(10-16)6-7-25(18)13(2)26/h4-5,8-10H,3,6-7,12H2,1-2H3,(H,24,27). The van der Waals surface area contributed by atoms with Gasteiger partial charge in [-0.25, -0.2) is 0 Å². The topological polar surface area (TPSA) is 91.7 Å². The molecule has 2 aromatic rings. The SMILES string of the molecule is CCOc1cc(C#N)cc(Br)c1OCC(=O)Nc1ccc2c(c1)CCN2C(C)=O. The summed E-state index contributed by atoms with van der Waals surface area (Å²) in [6, 6.07) is 10.7. The maximum atomic E-state index is 12.4. The van der Waals surface area contributed by atoms with E-state index in [1.807, 2.05) is 19.1 Å². The van der Waals surface area contributed by atoms with Crippen LogP contribution in [0.5, 0.6) is 11.5 Å². The number of nitriles is 1. The van der Waals surface area contributed by atoms with E-state index in [1.54, 1.807) is 30.0 Å². The number of carbonyl (C=O) groups excluding carboxylic acids is 2. The van der Waals surface area contributed by atoms with Crippen molar-refractivity contribution in [3.8, 4) is 17.6 Å². The van der Waals surface area contributed by atoms with Crippen molar-refractivity contribution in [3.05, 3.63) is 45.9 Å². The minimum Gasteiger partial charge on any atom is -0.490 e. The maximum Gasteiger partial charge on any atom is 0.262 e. The van der Waals surface area contributed by atoms with Gasteiger partial charge in [0.1, 0.15) is 0 Å². The van der Waals surface area contributed by atoms with E-state index in [0.29, 0.717) is 40.4 Å². The lowest BCUT2D eigenvalue weighted by atomic mass is 10.1. The van der Waals surface area contributed by atoms with E-state index < -0.39 is 0 Å². The Labute approximate surface area is 177 Å². The summed E-state index contributed by atoms with van der Waals surface area (Å²) in [5.41, 5.74) is 2.98. The molecule has 0 aliphatic carbocycles. The molecule has 7 nitrogen and oxygen atoms in total. The fraction of sp³-hybridized carbons (Fsp3) is 0.286. The number of hydrogen-bond donors (Lipinski definition) is 1. The molecular formula is C21H20BrN3O4. The van der Waals surface area contributed by atoms with Crippen LogP contribution in [0.15, 0.2) is 34.8 Å². The van der Waals surface area contributed by atoms with Crippen LogP contribution in [0.25, 0.3) is 0 Å². The molecule has 2 aromatic carbocycles. The molecule has 0 unspecified atom stereocenters. The van der Waals surface area contributed by atoms with Crippen LogP contribution >= 0.6 is 15.9 Å². The number of anilines is 2. The highest BCUT2D eigenvalue weighted by Crippen LogP contribution is 2.37. The second-order valence-corrected chi connectivity index (χ2v) is 7.29. The molecule has 0 fully saturated rings. The minimum absolute atomic E-state index is 0.00651. The van der Waals surface area contributed by atoms with Crippen molar-refractivity contribution in [1.29, 1.82) is 5.26 Å². The highest BCUT2D eigenvalue weighted by atomic mass is 79.9. The molecule has 1 aliphatic rings. The molecule has 0 atom stereocenters. The molecule has 0 spiro atoms. The van der Waals surface area contributed by atoms with Gasteiger partial charge in [0, 0.05) is 30.9 Å². The molecule has 3 rings (SSSR count). The van der Waals surface area contributed by atoms with Crippen LogP contribution in [0.1, 0.15) is 25.0 Å². The number of benzene rings is 2.